The molecular weight excluding hydrogens is 516 g/mol. The van der Waals surface area contributed by atoms with Crippen molar-refractivity contribution in [3.63, 3.8) is 0 Å². The molecule has 0 unspecified atom stereocenters. The molecule has 0 saturated carbocycles. The molecule has 2 aromatic carbocycles. The molecule has 0 atom stereocenters. The molecule has 39 heavy (non-hydrogen) atoms. The van der Waals surface area contributed by atoms with E-state index in [4.69, 9.17) is 0 Å². The average molecular weight is 545 g/mol. The van der Waals surface area contributed by atoms with E-state index in [2.05, 4.69) is 41.7 Å². The number of carbonyl (C=O) groups is 3. The highest BCUT2D eigenvalue weighted by atomic mass is 32.1. The number of carbonyl (C=O) groups excluding carboxylic acids is 3. The molecule has 4 rings (SSSR count). The topological polar surface area (TPSA) is 151 Å². The molecule has 2 heterocycles. The Balaban J connectivity index is 1.14. The van der Waals surface area contributed by atoms with Crippen molar-refractivity contribution < 1.29 is 14.4 Å². The molecular formula is C27H28N8O3S. The number of hydrogen-bond donors (Lipinski definition) is 4. The molecule has 12 heteroatoms. The van der Waals surface area contributed by atoms with Crippen LogP contribution in [0, 0.1) is 0 Å². The Kier molecular flexibility index (Phi) is 9.62. The van der Waals surface area contributed by atoms with Crippen LogP contribution in [0.3, 0.4) is 0 Å². The fourth-order valence-electron chi connectivity index (χ4n) is 3.61. The van der Waals surface area contributed by atoms with E-state index in [0.717, 1.165) is 41.9 Å². The molecule has 0 saturated heterocycles. The predicted molar refractivity (Wildman–Crippen MR) is 151 cm³/mol. The van der Waals surface area contributed by atoms with Crippen molar-refractivity contribution in [2.45, 2.75) is 39.0 Å². The maximum atomic E-state index is 12.4. The van der Waals surface area contributed by atoms with Crippen LogP contribution in [0.5, 0.6) is 0 Å². The number of unbranched alkanes of at least 4 members (excludes halogenated alkanes) is 1. The molecule has 0 fully saturated rings. The number of aryl methyl sites for hydroxylation is 2. The van der Waals surface area contributed by atoms with E-state index in [9.17, 15) is 14.4 Å². The Labute approximate surface area is 229 Å². The molecule has 0 spiro atoms. The van der Waals surface area contributed by atoms with E-state index in [1.807, 2.05) is 24.3 Å². The van der Waals surface area contributed by atoms with Gasteiger partial charge in [-0.15, -0.1) is 15.3 Å². The summed E-state index contributed by atoms with van der Waals surface area (Å²) in [5, 5.41) is 28.7. The number of urea groups is 1. The molecule has 200 valence electrons. The Hall–Kier alpha value is -4.71. The van der Waals surface area contributed by atoms with Crippen LogP contribution >= 0.6 is 11.3 Å². The number of nitrogens with zero attached hydrogens (tertiary/aromatic N) is 4. The van der Waals surface area contributed by atoms with Gasteiger partial charge in [-0.1, -0.05) is 41.7 Å². The zero-order chi connectivity index (χ0) is 27.5. The Bertz CT molecular complexity index is 1390. The number of aromatic nitrogens is 4. The molecule has 0 aliphatic carbocycles. The van der Waals surface area contributed by atoms with Crippen LogP contribution in [0.1, 0.15) is 36.0 Å². The summed E-state index contributed by atoms with van der Waals surface area (Å²) in [6.07, 6.45) is 3.44. The van der Waals surface area contributed by atoms with Crippen LogP contribution in [0.25, 0.3) is 0 Å². The second-order valence-corrected chi connectivity index (χ2v) is 9.73. The highest BCUT2D eigenvalue weighted by Gasteiger charge is 2.10. The number of anilines is 4. The average Bonchev–Trinajstić information content (AvgIpc) is 3.36. The van der Waals surface area contributed by atoms with E-state index in [1.54, 1.807) is 42.5 Å². The Morgan fingerprint density at radius 2 is 1.46 bits per heavy atom. The summed E-state index contributed by atoms with van der Waals surface area (Å²) in [5.74, 6) is 0.0477. The minimum Gasteiger partial charge on any atom is -0.326 e. The summed E-state index contributed by atoms with van der Waals surface area (Å²) in [5.41, 5.74) is 3.04. The second kappa shape index (κ2) is 13.7. The van der Waals surface area contributed by atoms with Crippen LogP contribution in [-0.2, 0) is 28.9 Å². The lowest BCUT2D eigenvalue weighted by atomic mass is 10.1. The van der Waals surface area contributed by atoms with Gasteiger partial charge in [0.05, 0.1) is 12.1 Å². The monoisotopic (exact) mass is 544 g/mol. The van der Waals surface area contributed by atoms with E-state index >= 15 is 0 Å². The summed E-state index contributed by atoms with van der Waals surface area (Å²) in [7, 11) is 0. The van der Waals surface area contributed by atoms with Gasteiger partial charge in [-0.2, -0.15) is 5.10 Å². The van der Waals surface area contributed by atoms with E-state index in [0.29, 0.717) is 22.3 Å². The van der Waals surface area contributed by atoms with Gasteiger partial charge in [0.2, 0.25) is 16.9 Å². The van der Waals surface area contributed by atoms with E-state index in [1.165, 1.54) is 18.3 Å². The van der Waals surface area contributed by atoms with Gasteiger partial charge in [0.15, 0.2) is 5.82 Å². The second-order valence-electron chi connectivity index (χ2n) is 8.67. The summed E-state index contributed by atoms with van der Waals surface area (Å²) >= 11 is 1.36. The maximum Gasteiger partial charge on any atom is 0.324 e. The minimum absolute atomic E-state index is 0.144. The third-order valence-electron chi connectivity index (χ3n) is 5.42. The van der Waals surface area contributed by atoms with Crippen LogP contribution < -0.4 is 21.3 Å². The largest absolute Gasteiger partial charge is 0.326 e. The maximum absolute atomic E-state index is 12.4. The van der Waals surface area contributed by atoms with Crippen molar-refractivity contribution >= 4 is 51.5 Å². The highest BCUT2D eigenvalue weighted by Crippen LogP contribution is 2.18. The zero-order valence-electron chi connectivity index (χ0n) is 21.3. The highest BCUT2D eigenvalue weighted by molar-refractivity contribution is 7.15. The third kappa shape index (κ3) is 9.27. The first-order valence-corrected chi connectivity index (χ1v) is 13.2. The number of para-hydroxylation sites is 1. The van der Waals surface area contributed by atoms with Crippen molar-refractivity contribution in [1.82, 2.24) is 20.4 Å². The van der Waals surface area contributed by atoms with Gasteiger partial charge in [0, 0.05) is 24.7 Å². The van der Waals surface area contributed by atoms with Crippen LogP contribution in [0.15, 0.2) is 66.7 Å². The smallest absolute Gasteiger partial charge is 0.324 e. The molecule has 4 N–H and O–H groups in total. The first-order chi connectivity index (χ1) is 18.9. The molecule has 0 radical (unpaired) electrons. The minimum atomic E-state index is -0.381. The summed E-state index contributed by atoms with van der Waals surface area (Å²) in [6.45, 7) is 1.45. The molecule has 4 amide bonds. The lowest BCUT2D eigenvalue weighted by Gasteiger charge is -2.07. The van der Waals surface area contributed by atoms with Crippen molar-refractivity contribution in [2.75, 3.05) is 21.3 Å². The van der Waals surface area contributed by atoms with Gasteiger partial charge in [-0.05, 0) is 61.2 Å². The third-order valence-corrected chi connectivity index (χ3v) is 6.32. The van der Waals surface area contributed by atoms with Gasteiger partial charge >= 0.3 is 6.03 Å². The Morgan fingerprint density at radius 3 is 2.18 bits per heavy atom. The standard InChI is InChI=1S/C27H28N8O3S/c1-18(36)28-21-13-11-19(12-14-21)17-24(37)31-27-35-34-25(39-27)10-6-5-9-22-15-16-23(33-32-22)30-26(38)29-20-7-3-2-4-8-20/h2-4,7-8,11-16H,5-6,9-10,17H2,1H3,(H,28,36)(H,31,35,37)(H2,29,30,33,38). The predicted octanol–water partition coefficient (Wildman–Crippen LogP) is 4.68. The first kappa shape index (κ1) is 27.3. The molecule has 0 bridgehead atoms. The van der Waals surface area contributed by atoms with Gasteiger partial charge in [-0.25, -0.2) is 4.79 Å². The van der Waals surface area contributed by atoms with Crippen LogP contribution in [0.4, 0.5) is 27.1 Å². The van der Waals surface area contributed by atoms with Crippen molar-refractivity contribution in [2.24, 2.45) is 0 Å². The van der Waals surface area contributed by atoms with Gasteiger partial charge in [0.25, 0.3) is 0 Å². The molecule has 4 aromatic rings. The van der Waals surface area contributed by atoms with Crippen LogP contribution in [-0.4, -0.2) is 38.2 Å². The molecule has 2 aromatic heterocycles. The van der Waals surface area contributed by atoms with Gasteiger partial charge in [-0.3, -0.25) is 14.9 Å². The number of amides is 4. The number of nitrogens with one attached hydrogen (secondary N) is 4. The molecule has 0 aliphatic rings. The van der Waals surface area contributed by atoms with Crippen molar-refractivity contribution in [3.05, 3.63) is 83.0 Å². The van der Waals surface area contributed by atoms with Crippen LogP contribution in [0.2, 0.25) is 0 Å². The fraction of sp³-hybridized carbons (Fsp3) is 0.222. The fourth-order valence-corrected chi connectivity index (χ4v) is 4.40. The SMILES string of the molecule is CC(=O)Nc1ccc(CC(=O)Nc2nnc(CCCCc3ccc(NC(=O)Nc4ccccc4)nn3)s2)cc1. The number of benzene rings is 2. The van der Waals surface area contributed by atoms with Gasteiger partial charge < -0.3 is 16.0 Å². The van der Waals surface area contributed by atoms with Crippen molar-refractivity contribution in [1.29, 1.82) is 0 Å². The quantitative estimate of drug-likeness (QED) is 0.200. The molecule has 11 nitrogen and oxygen atoms in total. The number of hydrogen-bond acceptors (Lipinski definition) is 8. The van der Waals surface area contributed by atoms with Crippen molar-refractivity contribution in [3.8, 4) is 0 Å². The zero-order valence-corrected chi connectivity index (χ0v) is 22.1. The normalized spacial score (nSPS) is 10.5. The lowest BCUT2D eigenvalue weighted by molar-refractivity contribution is -0.116. The first-order valence-electron chi connectivity index (χ1n) is 12.4. The number of rotatable bonds is 11. The van der Waals surface area contributed by atoms with Gasteiger partial charge in [0.1, 0.15) is 5.01 Å². The summed E-state index contributed by atoms with van der Waals surface area (Å²) in [6, 6.07) is 19.5. The molecule has 0 aliphatic heterocycles. The van der Waals surface area contributed by atoms with E-state index < -0.39 is 0 Å². The van der Waals surface area contributed by atoms with E-state index in [-0.39, 0.29) is 24.3 Å². The summed E-state index contributed by atoms with van der Waals surface area (Å²) in [4.78, 5) is 35.5. The summed E-state index contributed by atoms with van der Waals surface area (Å²) < 4.78 is 0. The lowest BCUT2D eigenvalue weighted by Crippen LogP contribution is -2.20. The Morgan fingerprint density at radius 1 is 0.718 bits per heavy atom.